The third-order valence-electron chi connectivity index (χ3n) is 2.70. The second kappa shape index (κ2) is 6.81. The molecule has 5 heteroatoms. The van der Waals surface area contributed by atoms with E-state index >= 15 is 0 Å². The van der Waals surface area contributed by atoms with E-state index in [1.165, 1.54) is 11.8 Å². The zero-order valence-corrected chi connectivity index (χ0v) is 13.4. The molecule has 0 unspecified atom stereocenters. The Morgan fingerprint density at radius 1 is 1.30 bits per heavy atom. The number of nitrogen functional groups attached to an aromatic ring is 1. The summed E-state index contributed by atoms with van der Waals surface area (Å²) in [6.45, 7) is 1.94. The number of thioether (sulfide) groups is 1. The number of nitrogens with two attached hydrogens (primary N) is 1. The Bertz CT molecular complexity index is 631. The zero-order chi connectivity index (χ0) is 14.5. The van der Waals surface area contributed by atoms with Gasteiger partial charge in [-0.05, 0) is 42.8 Å². The van der Waals surface area contributed by atoms with Gasteiger partial charge in [0.05, 0.1) is 5.75 Å². The van der Waals surface area contributed by atoms with Crippen LogP contribution in [0.15, 0.2) is 51.8 Å². The van der Waals surface area contributed by atoms with Crippen LogP contribution in [0.25, 0.3) is 0 Å². The molecule has 0 aliphatic heterocycles. The van der Waals surface area contributed by atoms with Crippen LogP contribution in [0, 0.1) is 6.92 Å². The van der Waals surface area contributed by atoms with Gasteiger partial charge in [-0.25, -0.2) is 0 Å². The van der Waals surface area contributed by atoms with Gasteiger partial charge >= 0.3 is 0 Å². The molecule has 2 aromatic rings. The number of aryl methyl sites for hydroxylation is 1. The van der Waals surface area contributed by atoms with Crippen molar-refractivity contribution >= 4 is 45.0 Å². The van der Waals surface area contributed by atoms with E-state index in [1.54, 1.807) is 6.07 Å². The van der Waals surface area contributed by atoms with E-state index in [0.717, 1.165) is 20.6 Å². The van der Waals surface area contributed by atoms with E-state index in [2.05, 4.69) is 21.2 Å². The molecule has 20 heavy (non-hydrogen) atoms. The molecule has 3 N–H and O–H groups in total. The van der Waals surface area contributed by atoms with Crippen LogP contribution in [-0.4, -0.2) is 11.7 Å². The van der Waals surface area contributed by atoms with Gasteiger partial charge in [0.1, 0.15) is 0 Å². The van der Waals surface area contributed by atoms with E-state index in [-0.39, 0.29) is 5.91 Å². The minimum atomic E-state index is -0.0383. The Morgan fingerprint density at radius 3 is 2.85 bits per heavy atom. The maximum Gasteiger partial charge on any atom is 0.234 e. The number of halogens is 1. The Kier molecular flexibility index (Phi) is 5.09. The summed E-state index contributed by atoms with van der Waals surface area (Å²) in [5.41, 5.74) is 8.14. The number of benzene rings is 2. The van der Waals surface area contributed by atoms with Crippen molar-refractivity contribution in [3.63, 3.8) is 0 Å². The molecule has 3 nitrogen and oxygen atoms in total. The second-order valence-electron chi connectivity index (χ2n) is 4.37. The number of hydrogen-bond donors (Lipinski definition) is 2. The molecule has 0 aliphatic carbocycles. The van der Waals surface area contributed by atoms with Gasteiger partial charge in [0.2, 0.25) is 5.91 Å². The lowest BCUT2D eigenvalue weighted by molar-refractivity contribution is -0.113. The van der Waals surface area contributed by atoms with Crippen molar-refractivity contribution in [2.75, 3.05) is 16.8 Å². The number of hydrogen-bond acceptors (Lipinski definition) is 3. The minimum absolute atomic E-state index is 0.0383. The highest BCUT2D eigenvalue weighted by Gasteiger charge is 2.06. The Morgan fingerprint density at radius 2 is 2.10 bits per heavy atom. The van der Waals surface area contributed by atoms with Gasteiger partial charge in [-0.2, -0.15) is 0 Å². The van der Waals surface area contributed by atoms with Crippen LogP contribution in [0.2, 0.25) is 0 Å². The third kappa shape index (κ3) is 4.28. The monoisotopic (exact) mass is 350 g/mol. The first-order valence-electron chi connectivity index (χ1n) is 6.09. The van der Waals surface area contributed by atoms with E-state index in [0.29, 0.717) is 11.4 Å². The van der Waals surface area contributed by atoms with Crippen molar-refractivity contribution in [2.24, 2.45) is 0 Å². The van der Waals surface area contributed by atoms with Gasteiger partial charge in [-0.1, -0.05) is 28.1 Å². The van der Waals surface area contributed by atoms with Gasteiger partial charge in [0, 0.05) is 20.7 Å². The summed E-state index contributed by atoms with van der Waals surface area (Å²) >= 11 is 4.91. The molecule has 0 fully saturated rings. The number of rotatable bonds is 4. The van der Waals surface area contributed by atoms with Gasteiger partial charge in [0.25, 0.3) is 0 Å². The van der Waals surface area contributed by atoms with E-state index < -0.39 is 0 Å². The molecule has 104 valence electrons. The quantitative estimate of drug-likeness (QED) is 0.645. The summed E-state index contributed by atoms with van der Waals surface area (Å²) in [5.74, 6) is 0.328. The number of nitrogens with one attached hydrogen (secondary N) is 1. The standard InChI is InChI=1S/C15H15BrN2OS/c1-10-5-6-12(17)8-14(10)18-15(19)9-20-13-4-2-3-11(16)7-13/h2-8H,9,17H2,1H3,(H,18,19). The number of carbonyl (C=O) groups excluding carboxylic acids is 1. The molecule has 0 aliphatic rings. The first-order valence-corrected chi connectivity index (χ1v) is 7.87. The number of amides is 1. The van der Waals surface area contributed by atoms with Gasteiger partial charge in [-0.3, -0.25) is 4.79 Å². The lowest BCUT2D eigenvalue weighted by Crippen LogP contribution is -2.15. The van der Waals surface area contributed by atoms with Crippen LogP contribution in [0.5, 0.6) is 0 Å². The lowest BCUT2D eigenvalue weighted by Gasteiger charge is -2.09. The van der Waals surface area contributed by atoms with Crippen molar-refractivity contribution in [1.29, 1.82) is 0 Å². The largest absolute Gasteiger partial charge is 0.399 e. The number of carbonyl (C=O) groups is 1. The fraction of sp³-hybridized carbons (Fsp3) is 0.133. The molecule has 0 bridgehead atoms. The molecule has 1 amide bonds. The lowest BCUT2D eigenvalue weighted by atomic mass is 10.2. The summed E-state index contributed by atoms with van der Waals surface area (Å²) in [7, 11) is 0. The van der Waals surface area contributed by atoms with Crippen LogP contribution < -0.4 is 11.1 Å². The summed E-state index contributed by atoms with van der Waals surface area (Å²) in [6.07, 6.45) is 0. The molecular weight excluding hydrogens is 336 g/mol. The predicted molar refractivity (Wildman–Crippen MR) is 89.1 cm³/mol. The first kappa shape index (κ1) is 14.9. The van der Waals surface area contributed by atoms with E-state index in [9.17, 15) is 4.79 Å². The molecule has 0 spiro atoms. The molecular formula is C15H15BrN2OS. The summed E-state index contributed by atoms with van der Waals surface area (Å²) in [6, 6.07) is 13.4. The molecule has 0 heterocycles. The van der Waals surface area contributed by atoms with Gasteiger partial charge < -0.3 is 11.1 Å². The Labute approximate surface area is 131 Å². The normalized spacial score (nSPS) is 10.3. The van der Waals surface area contributed by atoms with E-state index in [4.69, 9.17) is 5.73 Å². The fourth-order valence-electron chi connectivity index (χ4n) is 1.67. The van der Waals surface area contributed by atoms with Crippen molar-refractivity contribution < 1.29 is 4.79 Å². The maximum atomic E-state index is 11.9. The highest BCUT2D eigenvalue weighted by Crippen LogP contribution is 2.23. The van der Waals surface area contributed by atoms with Gasteiger partial charge in [0.15, 0.2) is 0 Å². The van der Waals surface area contributed by atoms with Crippen LogP contribution in [-0.2, 0) is 4.79 Å². The molecule has 0 saturated heterocycles. The van der Waals surface area contributed by atoms with Crippen molar-refractivity contribution in [3.8, 4) is 0 Å². The molecule has 2 aromatic carbocycles. The second-order valence-corrected chi connectivity index (χ2v) is 6.33. The van der Waals surface area contributed by atoms with Crippen LogP contribution in [0.1, 0.15) is 5.56 Å². The summed E-state index contributed by atoms with van der Waals surface area (Å²) < 4.78 is 1.01. The van der Waals surface area contributed by atoms with E-state index in [1.807, 2.05) is 43.3 Å². The van der Waals surface area contributed by atoms with Crippen molar-refractivity contribution in [3.05, 3.63) is 52.5 Å². The highest BCUT2D eigenvalue weighted by molar-refractivity contribution is 9.10. The average Bonchev–Trinajstić information content (AvgIpc) is 2.41. The Hall–Kier alpha value is -1.46. The fourth-order valence-corrected chi connectivity index (χ4v) is 2.97. The third-order valence-corrected chi connectivity index (χ3v) is 4.19. The first-order chi connectivity index (χ1) is 9.54. The zero-order valence-electron chi connectivity index (χ0n) is 11.0. The van der Waals surface area contributed by atoms with Gasteiger partial charge in [-0.15, -0.1) is 11.8 Å². The minimum Gasteiger partial charge on any atom is -0.399 e. The topological polar surface area (TPSA) is 55.1 Å². The highest BCUT2D eigenvalue weighted by atomic mass is 79.9. The van der Waals surface area contributed by atoms with Crippen LogP contribution in [0.4, 0.5) is 11.4 Å². The smallest absolute Gasteiger partial charge is 0.234 e. The van der Waals surface area contributed by atoms with Crippen molar-refractivity contribution in [1.82, 2.24) is 0 Å². The van der Waals surface area contributed by atoms with Crippen LogP contribution in [0.3, 0.4) is 0 Å². The summed E-state index contributed by atoms with van der Waals surface area (Å²) in [5, 5.41) is 2.88. The molecule has 0 saturated carbocycles. The molecule has 2 rings (SSSR count). The molecule has 0 aromatic heterocycles. The van der Waals surface area contributed by atoms with Crippen molar-refractivity contribution in [2.45, 2.75) is 11.8 Å². The Balaban J connectivity index is 1.94. The maximum absolute atomic E-state index is 11.9. The average molecular weight is 351 g/mol. The molecule has 0 atom stereocenters. The predicted octanol–water partition coefficient (Wildman–Crippen LogP) is 4.07. The summed E-state index contributed by atoms with van der Waals surface area (Å²) in [4.78, 5) is 13.0. The molecule has 0 radical (unpaired) electrons. The SMILES string of the molecule is Cc1ccc(N)cc1NC(=O)CSc1cccc(Br)c1. The van der Waals surface area contributed by atoms with Crippen LogP contribution >= 0.6 is 27.7 Å². The number of anilines is 2.